The van der Waals surface area contributed by atoms with Crippen molar-refractivity contribution in [3.05, 3.63) is 65.0 Å². The van der Waals surface area contributed by atoms with Crippen LogP contribution in [0.2, 0.25) is 0 Å². The Morgan fingerprint density at radius 1 is 1.10 bits per heavy atom. The van der Waals surface area contributed by atoms with Crippen molar-refractivity contribution in [1.82, 2.24) is 4.98 Å². The van der Waals surface area contributed by atoms with Gasteiger partial charge < -0.3 is 14.2 Å². The molecule has 0 atom stereocenters. The number of rotatable bonds is 8. The Balaban J connectivity index is 1.53. The van der Waals surface area contributed by atoms with Crippen molar-refractivity contribution in [2.45, 2.75) is 6.61 Å². The van der Waals surface area contributed by atoms with Gasteiger partial charge in [-0.25, -0.2) is 9.78 Å². The smallest absolute Gasteiger partial charge is 0.338 e. The summed E-state index contributed by atoms with van der Waals surface area (Å²) in [5.41, 5.74) is 2.86. The zero-order valence-corrected chi connectivity index (χ0v) is 16.8. The molecule has 0 saturated carbocycles. The highest BCUT2D eigenvalue weighted by molar-refractivity contribution is 7.14. The van der Waals surface area contributed by atoms with Crippen molar-refractivity contribution in [1.29, 1.82) is 0 Å². The van der Waals surface area contributed by atoms with E-state index in [0.29, 0.717) is 17.3 Å². The van der Waals surface area contributed by atoms with Gasteiger partial charge >= 0.3 is 5.97 Å². The molecule has 0 spiro atoms. The molecule has 1 heterocycles. The standard InChI is InChI=1S/C21H20N2O5S/c1-26-11-14-4-3-5-16(10-14)20(25)28-12-19(24)23-21-22-18(13-29-21)15-6-8-17(27-2)9-7-15/h3-10,13H,11-12H2,1-2H3,(H,22,23,24). The lowest BCUT2D eigenvalue weighted by Crippen LogP contribution is -2.20. The lowest BCUT2D eigenvalue weighted by molar-refractivity contribution is -0.119. The topological polar surface area (TPSA) is 86.8 Å². The summed E-state index contributed by atoms with van der Waals surface area (Å²) in [7, 11) is 3.18. The summed E-state index contributed by atoms with van der Waals surface area (Å²) in [6.07, 6.45) is 0. The summed E-state index contributed by atoms with van der Waals surface area (Å²) in [4.78, 5) is 28.6. The van der Waals surface area contributed by atoms with Crippen LogP contribution in [0.5, 0.6) is 5.75 Å². The fourth-order valence-electron chi connectivity index (χ4n) is 2.55. The third-order valence-corrected chi connectivity index (χ3v) is 4.70. The van der Waals surface area contributed by atoms with Crippen LogP contribution in [-0.4, -0.2) is 37.7 Å². The first-order chi connectivity index (χ1) is 14.1. The van der Waals surface area contributed by atoms with Gasteiger partial charge in [0, 0.05) is 18.1 Å². The molecule has 0 aliphatic carbocycles. The molecular weight excluding hydrogens is 392 g/mol. The van der Waals surface area contributed by atoms with Crippen LogP contribution in [0.15, 0.2) is 53.9 Å². The van der Waals surface area contributed by atoms with Crippen molar-refractivity contribution >= 4 is 28.3 Å². The van der Waals surface area contributed by atoms with Crippen LogP contribution in [-0.2, 0) is 20.9 Å². The van der Waals surface area contributed by atoms with Crippen LogP contribution in [0, 0.1) is 0 Å². The Hall–Kier alpha value is -3.23. The fourth-order valence-corrected chi connectivity index (χ4v) is 3.29. The first-order valence-electron chi connectivity index (χ1n) is 8.74. The first kappa shape index (κ1) is 20.5. The number of nitrogens with zero attached hydrogens (tertiary/aromatic N) is 1. The second-order valence-corrected chi connectivity index (χ2v) is 6.88. The van der Waals surface area contributed by atoms with Gasteiger partial charge in [0.25, 0.3) is 5.91 Å². The molecular formula is C21H20N2O5S. The molecule has 2 aromatic carbocycles. The van der Waals surface area contributed by atoms with Gasteiger partial charge in [-0.15, -0.1) is 11.3 Å². The summed E-state index contributed by atoms with van der Waals surface area (Å²) >= 11 is 1.29. The van der Waals surface area contributed by atoms with E-state index in [4.69, 9.17) is 14.2 Å². The van der Waals surface area contributed by atoms with Crippen LogP contribution in [0.25, 0.3) is 11.3 Å². The highest BCUT2D eigenvalue weighted by Gasteiger charge is 2.13. The molecule has 0 radical (unpaired) electrons. The number of anilines is 1. The fraction of sp³-hybridized carbons (Fsp3) is 0.190. The lowest BCUT2D eigenvalue weighted by Gasteiger charge is -2.06. The summed E-state index contributed by atoms with van der Waals surface area (Å²) < 4.78 is 15.3. The molecule has 0 bridgehead atoms. The van der Waals surface area contributed by atoms with Crippen LogP contribution >= 0.6 is 11.3 Å². The molecule has 150 valence electrons. The van der Waals surface area contributed by atoms with E-state index in [1.807, 2.05) is 35.7 Å². The minimum absolute atomic E-state index is 0.364. The first-order valence-corrected chi connectivity index (χ1v) is 9.62. The predicted octanol–water partition coefficient (Wildman–Crippen LogP) is 3.76. The Morgan fingerprint density at radius 2 is 1.90 bits per heavy atom. The highest BCUT2D eigenvalue weighted by atomic mass is 32.1. The van der Waals surface area contributed by atoms with Gasteiger partial charge in [-0.3, -0.25) is 10.1 Å². The monoisotopic (exact) mass is 412 g/mol. The summed E-state index contributed by atoms with van der Waals surface area (Å²) in [6, 6.07) is 14.3. The quantitative estimate of drug-likeness (QED) is 0.567. The van der Waals surface area contributed by atoms with Crippen molar-refractivity contribution in [3.8, 4) is 17.0 Å². The third kappa shape index (κ3) is 5.63. The number of nitrogens with one attached hydrogen (secondary N) is 1. The number of hydrogen-bond donors (Lipinski definition) is 1. The van der Waals surface area contributed by atoms with Gasteiger partial charge in [-0.05, 0) is 42.0 Å². The molecule has 0 fully saturated rings. The molecule has 1 N–H and O–H groups in total. The Morgan fingerprint density at radius 3 is 2.62 bits per heavy atom. The van der Waals surface area contributed by atoms with E-state index >= 15 is 0 Å². The Labute approximate surface area is 172 Å². The van der Waals surface area contributed by atoms with E-state index in [2.05, 4.69) is 10.3 Å². The number of thiazole rings is 1. The van der Waals surface area contributed by atoms with E-state index < -0.39 is 18.5 Å². The van der Waals surface area contributed by atoms with Crippen molar-refractivity contribution in [2.24, 2.45) is 0 Å². The number of methoxy groups -OCH3 is 2. The number of aromatic nitrogens is 1. The van der Waals surface area contributed by atoms with E-state index in [0.717, 1.165) is 22.6 Å². The normalized spacial score (nSPS) is 10.4. The van der Waals surface area contributed by atoms with Gasteiger partial charge in [0.05, 0.1) is 25.0 Å². The molecule has 0 unspecified atom stereocenters. The summed E-state index contributed by atoms with van der Waals surface area (Å²) in [5.74, 6) is -0.273. The second-order valence-electron chi connectivity index (χ2n) is 6.02. The number of carbonyl (C=O) groups excluding carboxylic acids is 2. The average Bonchev–Trinajstić information content (AvgIpc) is 3.21. The maximum absolute atomic E-state index is 12.1. The largest absolute Gasteiger partial charge is 0.497 e. The molecule has 8 heteroatoms. The average molecular weight is 412 g/mol. The summed E-state index contributed by atoms with van der Waals surface area (Å²) in [6.45, 7) is -0.00697. The maximum Gasteiger partial charge on any atom is 0.338 e. The highest BCUT2D eigenvalue weighted by Crippen LogP contribution is 2.26. The molecule has 3 aromatic rings. The van der Waals surface area contributed by atoms with Crippen LogP contribution in [0.4, 0.5) is 5.13 Å². The predicted molar refractivity (Wildman–Crippen MR) is 110 cm³/mol. The van der Waals surface area contributed by atoms with Crippen molar-refractivity contribution < 1.29 is 23.8 Å². The molecule has 7 nitrogen and oxygen atoms in total. The lowest BCUT2D eigenvalue weighted by atomic mass is 10.1. The van der Waals surface area contributed by atoms with Crippen LogP contribution in [0.1, 0.15) is 15.9 Å². The maximum atomic E-state index is 12.1. The number of ether oxygens (including phenoxy) is 3. The van der Waals surface area contributed by atoms with E-state index in [9.17, 15) is 9.59 Å². The molecule has 0 aliphatic rings. The molecule has 0 saturated heterocycles. The number of hydrogen-bond acceptors (Lipinski definition) is 7. The summed E-state index contributed by atoms with van der Waals surface area (Å²) in [5, 5.41) is 4.91. The van der Waals surface area contributed by atoms with Gasteiger partial charge in [0.1, 0.15) is 5.75 Å². The molecule has 1 amide bonds. The van der Waals surface area contributed by atoms with Gasteiger partial charge in [-0.1, -0.05) is 12.1 Å². The number of esters is 1. The Kier molecular flexibility index (Phi) is 6.94. The molecule has 29 heavy (non-hydrogen) atoms. The minimum atomic E-state index is -0.573. The van der Waals surface area contributed by atoms with Gasteiger partial charge in [0.15, 0.2) is 11.7 Å². The number of benzene rings is 2. The van der Waals surface area contributed by atoms with Crippen molar-refractivity contribution in [2.75, 3.05) is 26.1 Å². The van der Waals surface area contributed by atoms with E-state index in [1.54, 1.807) is 32.4 Å². The zero-order valence-electron chi connectivity index (χ0n) is 16.0. The second kappa shape index (κ2) is 9.81. The minimum Gasteiger partial charge on any atom is -0.497 e. The van der Waals surface area contributed by atoms with Gasteiger partial charge in [0.2, 0.25) is 0 Å². The van der Waals surface area contributed by atoms with E-state index in [-0.39, 0.29) is 0 Å². The third-order valence-electron chi connectivity index (χ3n) is 3.94. The Bertz CT molecular complexity index is 985. The molecule has 3 rings (SSSR count). The molecule has 0 aliphatic heterocycles. The number of carbonyl (C=O) groups is 2. The SMILES string of the molecule is COCc1cccc(C(=O)OCC(=O)Nc2nc(-c3ccc(OC)cc3)cs2)c1. The van der Waals surface area contributed by atoms with E-state index in [1.165, 1.54) is 11.3 Å². The van der Waals surface area contributed by atoms with Crippen molar-refractivity contribution in [3.63, 3.8) is 0 Å². The van der Waals surface area contributed by atoms with Crippen LogP contribution < -0.4 is 10.1 Å². The van der Waals surface area contributed by atoms with Crippen LogP contribution in [0.3, 0.4) is 0 Å². The van der Waals surface area contributed by atoms with Gasteiger partial charge in [-0.2, -0.15) is 0 Å². The zero-order chi connectivity index (χ0) is 20.6. The number of amides is 1. The molecule has 1 aromatic heterocycles.